The monoisotopic (exact) mass is 319 g/mol. The Morgan fingerprint density at radius 3 is 2.81 bits per heavy atom. The Balaban J connectivity index is 1.83. The van der Waals surface area contributed by atoms with Crippen LogP contribution in [0.25, 0.3) is 5.69 Å². The molecule has 7 heteroatoms. The molecule has 0 saturated heterocycles. The molecule has 0 aliphatic heterocycles. The van der Waals surface area contributed by atoms with Crippen LogP contribution >= 0.6 is 23.4 Å². The fourth-order valence-corrected chi connectivity index (χ4v) is 3.07. The zero-order valence-electron chi connectivity index (χ0n) is 11.7. The summed E-state index contributed by atoms with van der Waals surface area (Å²) in [5, 5.41) is 9.68. The average Bonchev–Trinajstić information content (AvgIpc) is 3.06. The van der Waals surface area contributed by atoms with Gasteiger partial charge < -0.3 is 4.57 Å². The highest BCUT2D eigenvalue weighted by molar-refractivity contribution is 7.98. The predicted molar refractivity (Wildman–Crippen MR) is 83.9 cm³/mol. The smallest absolute Gasteiger partial charge is 0.196 e. The van der Waals surface area contributed by atoms with Gasteiger partial charge in [-0.05, 0) is 18.6 Å². The lowest BCUT2D eigenvalue weighted by Gasteiger charge is -2.09. The third-order valence-electron chi connectivity index (χ3n) is 3.25. The van der Waals surface area contributed by atoms with E-state index >= 15 is 0 Å². The summed E-state index contributed by atoms with van der Waals surface area (Å²) in [7, 11) is 1.90. The van der Waals surface area contributed by atoms with Gasteiger partial charge in [-0.15, -0.1) is 10.2 Å². The molecule has 1 aromatic carbocycles. The van der Waals surface area contributed by atoms with Crippen molar-refractivity contribution in [3.05, 3.63) is 53.3 Å². The van der Waals surface area contributed by atoms with Crippen LogP contribution in [0.4, 0.5) is 0 Å². The molecule has 0 unspecified atom stereocenters. The van der Waals surface area contributed by atoms with Crippen LogP contribution in [-0.2, 0) is 12.8 Å². The number of nitrogens with zero attached hydrogens (tertiary/aromatic N) is 5. The first-order valence-electron chi connectivity index (χ1n) is 6.41. The first-order chi connectivity index (χ1) is 10.2. The maximum atomic E-state index is 6.00. The van der Waals surface area contributed by atoms with Crippen molar-refractivity contribution in [1.29, 1.82) is 0 Å². The van der Waals surface area contributed by atoms with Crippen molar-refractivity contribution in [2.45, 2.75) is 17.8 Å². The summed E-state index contributed by atoms with van der Waals surface area (Å²) in [6, 6.07) is 8.16. The third-order valence-corrected chi connectivity index (χ3v) is 4.54. The third kappa shape index (κ3) is 2.82. The molecule has 5 nitrogen and oxygen atoms in total. The lowest BCUT2D eigenvalue weighted by molar-refractivity contribution is 0.841. The van der Waals surface area contributed by atoms with E-state index in [0.29, 0.717) is 10.9 Å². The number of hydrogen-bond donors (Lipinski definition) is 0. The van der Waals surface area contributed by atoms with Crippen LogP contribution in [0.2, 0.25) is 5.15 Å². The van der Waals surface area contributed by atoms with Crippen molar-refractivity contribution in [2.24, 2.45) is 7.05 Å². The van der Waals surface area contributed by atoms with Crippen LogP contribution < -0.4 is 0 Å². The standard InChI is InChI=1S/C14H14ClN5S/c1-10-5-3-4-6-11(10)20-9-17-18-14(20)21-8-13-16-7-12(15)19(13)2/h3-7,9H,8H2,1-2H3. The number of benzene rings is 1. The van der Waals surface area contributed by atoms with Gasteiger partial charge in [0.05, 0.1) is 17.6 Å². The van der Waals surface area contributed by atoms with Crippen LogP contribution in [-0.4, -0.2) is 24.3 Å². The van der Waals surface area contributed by atoms with Gasteiger partial charge in [0.2, 0.25) is 0 Å². The van der Waals surface area contributed by atoms with Gasteiger partial charge in [-0.1, -0.05) is 41.6 Å². The molecule has 3 aromatic rings. The van der Waals surface area contributed by atoms with Crippen molar-refractivity contribution in [3.63, 3.8) is 0 Å². The molecule has 0 fully saturated rings. The molecule has 108 valence electrons. The van der Waals surface area contributed by atoms with E-state index < -0.39 is 0 Å². The molecule has 0 aliphatic carbocycles. The molecule has 0 bridgehead atoms. The lowest BCUT2D eigenvalue weighted by atomic mass is 10.2. The van der Waals surface area contributed by atoms with Gasteiger partial charge in [-0.2, -0.15) is 0 Å². The summed E-state index contributed by atoms with van der Waals surface area (Å²) < 4.78 is 3.85. The minimum Gasteiger partial charge on any atom is -0.322 e. The van der Waals surface area contributed by atoms with Gasteiger partial charge in [0.25, 0.3) is 0 Å². The first kappa shape index (κ1) is 14.2. The fraction of sp³-hybridized carbons (Fsp3) is 0.214. The Morgan fingerprint density at radius 1 is 1.29 bits per heavy atom. The topological polar surface area (TPSA) is 48.5 Å². The molecular formula is C14H14ClN5S. The first-order valence-corrected chi connectivity index (χ1v) is 7.78. The molecule has 0 N–H and O–H groups in total. The summed E-state index contributed by atoms with van der Waals surface area (Å²) in [6.07, 6.45) is 3.39. The maximum Gasteiger partial charge on any atom is 0.196 e. The number of imidazole rings is 1. The summed E-state index contributed by atoms with van der Waals surface area (Å²) in [4.78, 5) is 4.29. The van der Waals surface area contributed by atoms with Gasteiger partial charge in [0.15, 0.2) is 5.16 Å². The average molecular weight is 320 g/mol. The number of rotatable bonds is 4. The zero-order valence-corrected chi connectivity index (χ0v) is 13.3. The van der Waals surface area contributed by atoms with E-state index in [1.54, 1.807) is 24.3 Å². The van der Waals surface area contributed by atoms with E-state index in [2.05, 4.69) is 34.2 Å². The number of para-hydroxylation sites is 1. The number of halogens is 1. The van der Waals surface area contributed by atoms with Crippen LogP contribution in [0.15, 0.2) is 41.9 Å². The van der Waals surface area contributed by atoms with Crippen LogP contribution in [0.3, 0.4) is 0 Å². The van der Waals surface area contributed by atoms with E-state index in [1.165, 1.54) is 5.56 Å². The maximum absolute atomic E-state index is 6.00. The van der Waals surface area contributed by atoms with Crippen LogP contribution in [0.1, 0.15) is 11.4 Å². The SMILES string of the molecule is Cc1ccccc1-n1cnnc1SCc1ncc(Cl)n1C. The normalized spacial score (nSPS) is 11.0. The quantitative estimate of drug-likeness (QED) is 0.693. The molecule has 0 atom stereocenters. The zero-order chi connectivity index (χ0) is 14.8. The van der Waals surface area contributed by atoms with E-state index in [9.17, 15) is 0 Å². The molecule has 0 radical (unpaired) electrons. The van der Waals surface area contributed by atoms with Crippen LogP contribution in [0, 0.1) is 6.92 Å². The van der Waals surface area contributed by atoms with E-state index in [1.807, 2.05) is 28.3 Å². The predicted octanol–water partition coefficient (Wildman–Crippen LogP) is 3.25. The minimum atomic E-state index is 0.631. The lowest BCUT2D eigenvalue weighted by Crippen LogP contribution is -2.00. The van der Waals surface area contributed by atoms with Gasteiger partial charge in [-0.25, -0.2) is 4.98 Å². The highest BCUT2D eigenvalue weighted by atomic mass is 35.5. The Labute approximate surface area is 132 Å². The highest BCUT2D eigenvalue weighted by Gasteiger charge is 2.11. The summed E-state index contributed by atoms with van der Waals surface area (Å²) >= 11 is 7.58. The largest absolute Gasteiger partial charge is 0.322 e. The second-order valence-electron chi connectivity index (χ2n) is 4.61. The molecule has 21 heavy (non-hydrogen) atoms. The van der Waals surface area contributed by atoms with Crippen LogP contribution in [0.5, 0.6) is 0 Å². The fourth-order valence-electron chi connectivity index (χ4n) is 2.01. The Morgan fingerprint density at radius 2 is 2.10 bits per heavy atom. The molecular weight excluding hydrogens is 306 g/mol. The van der Waals surface area contributed by atoms with Gasteiger partial charge >= 0.3 is 0 Å². The van der Waals surface area contributed by atoms with E-state index in [4.69, 9.17) is 11.6 Å². The Kier molecular flexibility index (Phi) is 3.98. The van der Waals surface area contributed by atoms with Crippen molar-refractivity contribution >= 4 is 23.4 Å². The number of hydrogen-bond acceptors (Lipinski definition) is 4. The number of thioether (sulfide) groups is 1. The second kappa shape index (κ2) is 5.91. The molecule has 3 rings (SSSR count). The van der Waals surface area contributed by atoms with Crippen molar-refractivity contribution in [2.75, 3.05) is 0 Å². The second-order valence-corrected chi connectivity index (χ2v) is 5.94. The summed E-state index contributed by atoms with van der Waals surface area (Å²) in [6.45, 7) is 2.07. The van der Waals surface area contributed by atoms with Gasteiger partial charge in [0.1, 0.15) is 17.3 Å². The molecule has 0 amide bonds. The Bertz CT molecular complexity index is 764. The highest BCUT2D eigenvalue weighted by Crippen LogP contribution is 2.25. The van der Waals surface area contributed by atoms with E-state index in [-0.39, 0.29) is 0 Å². The Hall–Kier alpha value is -1.79. The number of aryl methyl sites for hydroxylation is 1. The molecule has 0 aliphatic rings. The van der Waals surface area contributed by atoms with Crippen molar-refractivity contribution in [1.82, 2.24) is 24.3 Å². The summed E-state index contributed by atoms with van der Waals surface area (Å²) in [5.41, 5.74) is 2.27. The summed E-state index contributed by atoms with van der Waals surface area (Å²) in [5.74, 6) is 1.60. The van der Waals surface area contributed by atoms with E-state index in [0.717, 1.165) is 16.7 Å². The van der Waals surface area contributed by atoms with Gasteiger partial charge in [-0.3, -0.25) is 4.57 Å². The van der Waals surface area contributed by atoms with Gasteiger partial charge in [0, 0.05) is 7.05 Å². The van der Waals surface area contributed by atoms with Crippen molar-refractivity contribution < 1.29 is 0 Å². The molecule has 0 saturated carbocycles. The molecule has 2 heterocycles. The minimum absolute atomic E-state index is 0.631. The molecule has 2 aromatic heterocycles. The van der Waals surface area contributed by atoms with Crippen molar-refractivity contribution in [3.8, 4) is 5.69 Å². The molecule has 0 spiro atoms. The number of aromatic nitrogens is 5.